The first kappa shape index (κ1) is 15.1. The number of aromatic amines is 1. The molecule has 0 fully saturated rings. The third kappa shape index (κ3) is 2.43. The van der Waals surface area contributed by atoms with Gasteiger partial charge >= 0.3 is 0 Å². The van der Waals surface area contributed by atoms with Gasteiger partial charge in [-0.2, -0.15) is 9.65 Å². The van der Waals surface area contributed by atoms with E-state index in [9.17, 15) is 12.8 Å². The highest BCUT2D eigenvalue weighted by Crippen LogP contribution is 2.30. The summed E-state index contributed by atoms with van der Waals surface area (Å²) in [5, 5.41) is 13.1. The molecule has 23 heavy (non-hydrogen) atoms. The van der Waals surface area contributed by atoms with Gasteiger partial charge in [-0.15, -0.1) is 5.10 Å². The van der Waals surface area contributed by atoms with E-state index in [2.05, 4.69) is 14.8 Å². The van der Waals surface area contributed by atoms with Crippen LogP contribution < -0.4 is 4.72 Å². The predicted molar refractivity (Wildman–Crippen MR) is 81.7 cm³/mol. The molecule has 0 saturated carbocycles. The Balaban J connectivity index is 2.12. The van der Waals surface area contributed by atoms with Crippen LogP contribution in [0.2, 0.25) is 0 Å². The molecule has 2 N–H and O–H groups in total. The Bertz CT molecular complexity index is 1060. The van der Waals surface area contributed by atoms with Crippen LogP contribution in [0.3, 0.4) is 0 Å². The van der Waals surface area contributed by atoms with E-state index in [0.717, 1.165) is 16.4 Å². The van der Waals surface area contributed by atoms with Gasteiger partial charge < -0.3 is 4.98 Å². The van der Waals surface area contributed by atoms with Crippen LogP contribution in [-0.4, -0.2) is 23.2 Å². The zero-order valence-corrected chi connectivity index (χ0v) is 13.1. The summed E-state index contributed by atoms with van der Waals surface area (Å²) in [6.07, 6.45) is 2.58. The average molecular weight is 333 g/mol. The van der Waals surface area contributed by atoms with Gasteiger partial charge in [0.05, 0.1) is 16.8 Å². The fourth-order valence-corrected chi connectivity index (χ4v) is 3.54. The van der Waals surface area contributed by atoms with Crippen molar-refractivity contribution in [3.05, 3.63) is 41.6 Å². The van der Waals surface area contributed by atoms with Crippen LogP contribution in [0.1, 0.15) is 11.1 Å². The molecular formula is C14H12FN5O2S. The van der Waals surface area contributed by atoms with Gasteiger partial charge in [-0.05, 0) is 18.6 Å². The van der Waals surface area contributed by atoms with Crippen LogP contribution in [0, 0.1) is 24.2 Å². The number of anilines is 1. The van der Waals surface area contributed by atoms with Gasteiger partial charge in [-0.1, -0.05) is 6.07 Å². The zero-order valence-electron chi connectivity index (χ0n) is 12.3. The van der Waals surface area contributed by atoms with Crippen molar-refractivity contribution >= 4 is 26.6 Å². The summed E-state index contributed by atoms with van der Waals surface area (Å²) >= 11 is 0. The number of nitrogens with one attached hydrogen (secondary N) is 2. The van der Waals surface area contributed by atoms with Crippen molar-refractivity contribution in [1.82, 2.24) is 14.8 Å². The molecule has 0 amide bonds. The topological polar surface area (TPSA) is 104 Å². The van der Waals surface area contributed by atoms with Crippen molar-refractivity contribution in [3.8, 4) is 6.07 Å². The van der Waals surface area contributed by atoms with Crippen LogP contribution in [-0.2, 0) is 17.1 Å². The van der Waals surface area contributed by atoms with Crippen LogP contribution in [0.15, 0.2) is 29.4 Å². The molecular weight excluding hydrogens is 321 g/mol. The van der Waals surface area contributed by atoms with Crippen molar-refractivity contribution in [2.45, 2.75) is 11.8 Å². The molecule has 9 heteroatoms. The molecule has 0 bridgehead atoms. The number of aromatic nitrogens is 3. The Hall–Kier alpha value is -2.86. The fourth-order valence-electron chi connectivity index (χ4n) is 2.41. The molecule has 7 nitrogen and oxygen atoms in total. The Labute approximate surface area is 131 Å². The van der Waals surface area contributed by atoms with E-state index in [1.54, 1.807) is 12.1 Å². The van der Waals surface area contributed by atoms with Crippen molar-refractivity contribution in [2.75, 3.05) is 4.72 Å². The number of rotatable bonds is 3. The second-order valence-electron chi connectivity index (χ2n) is 5.06. The van der Waals surface area contributed by atoms with Gasteiger partial charge in [0.25, 0.3) is 16.0 Å². The monoisotopic (exact) mass is 333 g/mol. The number of aryl methyl sites for hydroxylation is 2. The smallest absolute Gasteiger partial charge is 0.268 e. The molecule has 2 heterocycles. The standard InChI is InChI=1S/C14H12FN5O2S/c1-8-3-4-10(13-12(8)9(5-16)6-17-13)19-23(21,22)11-7-20(2)18-14(11)15/h3-4,6-7,17,19H,1-2H3. The number of hydrogen-bond donors (Lipinski definition) is 2. The number of nitriles is 1. The van der Waals surface area contributed by atoms with Crippen LogP contribution in [0.4, 0.5) is 10.1 Å². The summed E-state index contributed by atoms with van der Waals surface area (Å²) in [6.45, 7) is 1.82. The Morgan fingerprint density at radius 2 is 2.17 bits per heavy atom. The normalized spacial score (nSPS) is 11.6. The lowest BCUT2D eigenvalue weighted by Gasteiger charge is -2.09. The van der Waals surface area contributed by atoms with Crippen molar-refractivity contribution < 1.29 is 12.8 Å². The molecule has 0 aliphatic rings. The summed E-state index contributed by atoms with van der Waals surface area (Å²) in [4.78, 5) is 2.34. The summed E-state index contributed by atoms with van der Waals surface area (Å²) in [6, 6.07) is 5.29. The largest absolute Gasteiger partial charge is 0.358 e. The van der Waals surface area contributed by atoms with E-state index >= 15 is 0 Å². The van der Waals surface area contributed by atoms with Crippen LogP contribution >= 0.6 is 0 Å². The number of H-pyrrole nitrogens is 1. The Morgan fingerprint density at radius 3 is 2.78 bits per heavy atom. The van der Waals surface area contributed by atoms with E-state index < -0.39 is 20.9 Å². The maximum absolute atomic E-state index is 13.6. The first-order valence-corrected chi connectivity index (χ1v) is 8.04. The number of nitrogens with zero attached hydrogens (tertiary/aromatic N) is 3. The van der Waals surface area contributed by atoms with Crippen LogP contribution in [0.25, 0.3) is 10.9 Å². The van der Waals surface area contributed by atoms with Crippen molar-refractivity contribution in [3.63, 3.8) is 0 Å². The van der Waals surface area contributed by atoms with Gasteiger partial charge in [0, 0.05) is 24.8 Å². The highest BCUT2D eigenvalue weighted by atomic mass is 32.2. The Morgan fingerprint density at radius 1 is 1.43 bits per heavy atom. The number of sulfonamides is 1. The molecule has 118 valence electrons. The molecule has 0 aliphatic heterocycles. The fraction of sp³-hybridized carbons (Fsp3) is 0.143. The summed E-state index contributed by atoms with van der Waals surface area (Å²) in [5.41, 5.74) is 1.93. The van der Waals surface area contributed by atoms with Crippen molar-refractivity contribution in [2.24, 2.45) is 7.05 Å². The quantitative estimate of drug-likeness (QED) is 0.765. The molecule has 0 aliphatic carbocycles. The third-order valence-corrected chi connectivity index (χ3v) is 4.79. The minimum absolute atomic E-state index is 0.232. The summed E-state index contributed by atoms with van der Waals surface area (Å²) < 4.78 is 41.8. The lowest BCUT2D eigenvalue weighted by Crippen LogP contribution is -2.14. The lowest BCUT2D eigenvalue weighted by molar-refractivity contribution is 0.530. The molecule has 3 aromatic rings. The number of benzene rings is 1. The van der Waals surface area contributed by atoms with Gasteiger partial charge in [0.1, 0.15) is 6.07 Å². The number of halogens is 1. The molecule has 1 aromatic carbocycles. The number of hydrogen-bond acceptors (Lipinski definition) is 4. The highest BCUT2D eigenvalue weighted by molar-refractivity contribution is 7.92. The van der Waals surface area contributed by atoms with Crippen LogP contribution in [0.5, 0.6) is 0 Å². The summed E-state index contributed by atoms with van der Waals surface area (Å²) in [7, 11) is -2.71. The van der Waals surface area contributed by atoms with Gasteiger partial charge in [-0.3, -0.25) is 9.40 Å². The molecule has 0 saturated heterocycles. The first-order valence-electron chi connectivity index (χ1n) is 6.56. The van der Waals surface area contributed by atoms with E-state index in [1.807, 2.05) is 13.0 Å². The van der Waals surface area contributed by atoms with E-state index in [0.29, 0.717) is 16.5 Å². The first-order chi connectivity index (χ1) is 10.8. The molecule has 0 atom stereocenters. The molecule has 0 unspecified atom stereocenters. The Kier molecular flexibility index (Phi) is 3.34. The predicted octanol–water partition coefficient (Wildman–Crippen LogP) is 2.02. The molecule has 0 spiro atoms. The maximum Gasteiger partial charge on any atom is 0.268 e. The lowest BCUT2D eigenvalue weighted by atomic mass is 10.1. The maximum atomic E-state index is 13.6. The minimum Gasteiger partial charge on any atom is -0.358 e. The van der Waals surface area contributed by atoms with E-state index in [-0.39, 0.29) is 5.69 Å². The van der Waals surface area contributed by atoms with Crippen molar-refractivity contribution in [1.29, 1.82) is 5.26 Å². The number of fused-ring (bicyclic) bond motifs is 1. The SMILES string of the molecule is Cc1ccc(NS(=O)(=O)c2cn(C)nc2F)c2[nH]cc(C#N)c12. The second-order valence-corrected chi connectivity index (χ2v) is 6.71. The molecule has 0 radical (unpaired) electrons. The van der Waals surface area contributed by atoms with Gasteiger partial charge in [0.15, 0.2) is 4.90 Å². The van der Waals surface area contributed by atoms with E-state index in [4.69, 9.17) is 5.26 Å². The molecule has 3 rings (SSSR count). The minimum atomic E-state index is -4.14. The van der Waals surface area contributed by atoms with Gasteiger partial charge in [-0.25, -0.2) is 8.42 Å². The summed E-state index contributed by atoms with van der Waals surface area (Å²) in [5.74, 6) is -1.08. The second kappa shape index (κ2) is 5.10. The van der Waals surface area contributed by atoms with E-state index in [1.165, 1.54) is 13.2 Å². The highest BCUT2D eigenvalue weighted by Gasteiger charge is 2.24. The average Bonchev–Trinajstić information content (AvgIpc) is 3.06. The zero-order chi connectivity index (χ0) is 16.8. The van der Waals surface area contributed by atoms with Gasteiger partial charge in [0.2, 0.25) is 0 Å². The third-order valence-electron chi connectivity index (χ3n) is 3.45. The molecule has 2 aromatic heterocycles.